The summed E-state index contributed by atoms with van der Waals surface area (Å²) in [5.74, 6) is -0.445. The summed E-state index contributed by atoms with van der Waals surface area (Å²) in [5, 5.41) is 6.58. The lowest BCUT2D eigenvalue weighted by Crippen LogP contribution is -2.32. The molecule has 102 valence electrons. The molecule has 1 unspecified atom stereocenters. The highest BCUT2D eigenvalue weighted by Gasteiger charge is 2.41. The largest absolute Gasteiger partial charge is 0.285 e. The molecule has 1 aliphatic rings. The highest BCUT2D eigenvalue weighted by atomic mass is 16.2. The monoisotopic (exact) mass is 269 g/mol. The van der Waals surface area contributed by atoms with Crippen LogP contribution >= 0.6 is 0 Å². The Morgan fingerprint density at radius 1 is 1.10 bits per heavy atom. The first-order chi connectivity index (χ1) is 9.52. The Hall–Kier alpha value is -2.43. The molecular weight excluding hydrogens is 254 g/mol. The number of rotatable bonds is 2. The molecule has 0 radical (unpaired) electrons. The number of H-pyrrole nitrogens is 1. The van der Waals surface area contributed by atoms with E-state index in [1.807, 2.05) is 32.9 Å². The molecular formula is C15H15N3O2. The number of amides is 2. The second-order valence-corrected chi connectivity index (χ2v) is 5.14. The smallest absolute Gasteiger partial charge is 0.262 e. The normalized spacial score (nSPS) is 15.7. The van der Waals surface area contributed by atoms with E-state index >= 15 is 0 Å². The Balaban J connectivity index is 2.10. The SMILES string of the molecule is Cc1ccc(C)c2c1C(=O)N(C(C)c1cn[nH]c1)C2=O. The topological polar surface area (TPSA) is 66.1 Å². The number of aromatic nitrogens is 2. The number of nitrogens with zero attached hydrogens (tertiary/aromatic N) is 2. The van der Waals surface area contributed by atoms with Crippen LogP contribution in [0.4, 0.5) is 0 Å². The van der Waals surface area contributed by atoms with E-state index in [9.17, 15) is 9.59 Å². The van der Waals surface area contributed by atoms with Crippen molar-refractivity contribution in [3.63, 3.8) is 0 Å². The first kappa shape index (κ1) is 12.6. The van der Waals surface area contributed by atoms with Gasteiger partial charge in [-0.3, -0.25) is 19.6 Å². The van der Waals surface area contributed by atoms with Gasteiger partial charge in [0.25, 0.3) is 11.8 Å². The molecule has 1 aliphatic heterocycles. The molecule has 1 aromatic carbocycles. The first-order valence-corrected chi connectivity index (χ1v) is 6.49. The minimum absolute atomic E-state index is 0.222. The van der Waals surface area contributed by atoms with E-state index in [0.717, 1.165) is 16.7 Å². The number of imide groups is 1. The van der Waals surface area contributed by atoms with E-state index in [-0.39, 0.29) is 17.9 Å². The number of fused-ring (bicyclic) bond motifs is 1. The second kappa shape index (κ2) is 4.30. The molecule has 3 rings (SSSR count). The third-order valence-corrected chi connectivity index (χ3v) is 3.88. The summed E-state index contributed by atoms with van der Waals surface area (Å²) >= 11 is 0. The van der Waals surface area contributed by atoms with Gasteiger partial charge in [-0.05, 0) is 31.9 Å². The van der Waals surface area contributed by atoms with E-state index in [1.165, 1.54) is 4.90 Å². The molecule has 1 N–H and O–H groups in total. The summed E-state index contributed by atoms with van der Waals surface area (Å²) in [5.41, 5.74) is 3.56. The summed E-state index contributed by atoms with van der Waals surface area (Å²) < 4.78 is 0. The number of nitrogens with one attached hydrogen (secondary N) is 1. The van der Waals surface area contributed by atoms with Gasteiger partial charge in [0.15, 0.2) is 0 Å². The van der Waals surface area contributed by atoms with Crippen molar-refractivity contribution in [2.24, 2.45) is 0 Å². The molecule has 0 saturated carbocycles. The van der Waals surface area contributed by atoms with E-state index < -0.39 is 0 Å². The first-order valence-electron chi connectivity index (χ1n) is 6.49. The van der Waals surface area contributed by atoms with Crippen LogP contribution in [-0.4, -0.2) is 26.9 Å². The van der Waals surface area contributed by atoms with Crippen LogP contribution in [0.1, 0.15) is 50.4 Å². The van der Waals surface area contributed by atoms with Gasteiger partial charge in [0, 0.05) is 11.8 Å². The number of carbonyl (C=O) groups excluding carboxylic acids is 2. The van der Waals surface area contributed by atoms with Crippen LogP contribution in [0, 0.1) is 13.8 Å². The molecule has 2 amide bonds. The predicted molar refractivity (Wildman–Crippen MR) is 73.4 cm³/mol. The Morgan fingerprint density at radius 3 is 2.10 bits per heavy atom. The maximum atomic E-state index is 12.6. The van der Waals surface area contributed by atoms with Crippen molar-refractivity contribution in [3.8, 4) is 0 Å². The lowest BCUT2D eigenvalue weighted by molar-refractivity contribution is 0.0595. The van der Waals surface area contributed by atoms with Crippen LogP contribution in [0.5, 0.6) is 0 Å². The Bertz CT molecular complexity index is 663. The summed E-state index contributed by atoms with van der Waals surface area (Å²) in [6.45, 7) is 5.54. The van der Waals surface area contributed by atoms with Crippen LogP contribution in [0.2, 0.25) is 0 Å². The fourth-order valence-electron chi connectivity index (χ4n) is 2.69. The van der Waals surface area contributed by atoms with Gasteiger partial charge in [-0.15, -0.1) is 0 Å². The molecule has 20 heavy (non-hydrogen) atoms. The lowest BCUT2D eigenvalue weighted by Gasteiger charge is -2.21. The van der Waals surface area contributed by atoms with Gasteiger partial charge in [0.1, 0.15) is 0 Å². The highest BCUT2D eigenvalue weighted by molar-refractivity contribution is 6.22. The standard InChI is InChI=1S/C15H15N3O2/c1-8-4-5-9(2)13-12(8)14(19)18(15(13)20)10(3)11-6-16-17-7-11/h4-7,10H,1-3H3,(H,16,17). The molecule has 5 nitrogen and oxygen atoms in total. The summed E-state index contributed by atoms with van der Waals surface area (Å²) in [6.07, 6.45) is 3.34. The van der Waals surface area contributed by atoms with Crippen LogP contribution in [0.25, 0.3) is 0 Å². The summed E-state index contributed by atoms with van der Waals surface area (Å²) in [6, 6.07) is 3.43. The van der Waals surface area contributed by atoms with Crippen molar-refractivity contribution in [2.45, 2.75) is 26.8 Å². The van der Waals surface area contributed by atoms with Crippen LogP contribution in [0.15, 0.2) is 24.5 Å². The third-order valence-electron chi connectivity index (χ3n) is 3.88. The maximum Gasteiger partial charge on any atom is 0.262 e. The van der Waals surface area contributed by atoms with Gasteiger partial charge in [0.2, 0.25) is 0 Å². The van der Waals surface area contributed by atoms with Crippen molar-refractivity contribution in [1.82, 2.24) is 15.1 Å². The summed E-state index contributed by atoms with van der Waals surface area (Å²) in [4.78, 5) is 26.5. The number of benzene rings is 1. The van der Waals surface area contributed by atoms with Gasteiger partial charge in [-0.25, -0.2) is 0 Å². The van der Waals surface area contributed by atoms with Crippen LogP contribution in [0.3, 0.4) is 0 Å². The number of hydrogen-bond acceptors (Lipinski definition) is 3. The average molecular weight is 269 g/mol. The number of aryl methyl sites for hydroxylation is 2. The van der Waals surface area contributed by atoms with E-state index in [1.54, 1.807) is 12.4 Å². The van der Waals surface area contributed by atoms with Gasteiger partial charge in [0.05, 0.1) is 23.4 Å². The molecule has 0 saturated heterocycles. The zero-order chi connectivity index (χ0) is 14.4. The third kappa shape index (κ3) is 1.59. The minimum atomic E-state index is -0.333. The fourth-order valence-corrected chi connectivity index (χ4v) is 2.69. The molecule has 0 fully saturated rings. The quantitative estimate of drug-likeness (QED) is 0.851. The Labute approximate surface area is 116 Å². The van der Waals surface area contributed by atoms with Gasteiger partial charge >= 0.3 is 0 Å². The van der Waals surface area contributed by atoms with Crippen molar-refractivity contribution >= 4 is 11.8 Å². The number of carbonyl (C=O) groups is 2. The van der Waals surface area contributed by atoms with Crippen molar-refractivity contribution in [2.75, 3.05) is 0 Å². The maximum absolute atomic E-state index is 12.6. The number of aromatic amines is 1. The van der Waals surface area contributed by atoms with Crippen molar-refractivity contribution < 1.29 is 9.59 Å². The Morgan fingerprint density at radius 2 is 1.65 bits per heavy atom. The van der Waals surface area contributed by atoms with E-state index in [4.69, 9.17) is 0 Å². The molecule has 1 aromatic heterocycles. The van der Waals surface area contributed by atoms with Crippen molar-refractivity contribution in [3.05, 3.63) is 52.3 Å². The van der Waals surface area contributed by atoms with E-state index in [2.05, 4.69) is 10.2 Å². The van der Waals surface area contributed by atoms with Gasteiger partial charge in [-0.2, -0.15) is 5.10 Å². The molecule has 0 aliphatic carbocycles. The van der Waals surface area contributed by atoms with Crippen LogP contribution in [-0.2, 0) is 0 Å². The molecule has 5 heteroatoms. The predicted octanol–water partition coefficient (Wildman–Crippen LogP) is 2.38. The number of hydrogen-bond donors (Lipinski definition) is 1. The molecule has 2 aromatic rings. The van der Waals surface area contributed by atoms with E-state index in [0.29, 0.717) is 11.1 Å². The van der Waals surface area contributed by atoms with Gasteiger partial charge in [-0.1, -0.05) is 12.1 Å². The average Bonchev–Trinajstić information content (AvgIpc) is 3.02. The summed E-state index contributed by atoms with van der Waals surface area (Å²) in [7, 11) is 0. The molecule has 1 atom stereocenters. The highest BCUT2D eigenvalue weighted by Crippen LogP contribution is 2.34. The zero-order valence-corrected chi connectivity index (χ0v) is 11.6. The molecule has 0 spiro atoms. The van der Waals surface area contributed by atoms with Crippen LogP contribution < -0.4 is 0 Å². The molecule has 0 bridgehead atoms. The fraction of sp³-hybridized carbons (Fsp3) is 0.267. The second-order valence-electron chi connectivity index (χ2n) is 5.14. The molecule has 2 heterocycles. The van der Waals surface area contributed by atoms with Gasteiger partial charge < -0.3 is 0 Å². The zero-order valence-electron chi connectivity index (χ0n) is 11.6. The Kier molecular flexibility index (Phi) is 2.71. The minimum Gasteiger partial charge on any atom is -0.285 e. The van der Waals surface area contributed by atoms with Crippen molar-refractivity contribution in [1.29, 1.82) is 0 Å². The lowest BCUT2D eigenvalue weighted by atomic mass is 9.99.